The van der Waals surface area contributed by atoms with Crippen LogP contribution in [0.4, 0.5) is 10.5 Å². The van der Waals surface area contributed by atoms with Gasteiger partial charge in [0.1, 0.15) is 13.2 Å². The number of halogens is 2. The van der Waals surface area contributed by atoms with Gasteiger partial charge in [-0.15, -0.1) is 0 Å². The van der Waals surface area contributed by atoms with Crippen LogP contribution in [0.15, 0.2) is 53.7 Å². The number of esters is 1. The molecule has 0 radical (unpaired) electrons. The van der Waals surface area contributed by atoms with Gasteiger partial charge in [-0.05, 0) is 42.3 Å². The summed E-state index contributed by atoms with van der Waals surface area (Å²) in [5, 5.41) is 6.59. The van der Waals surface area contributed by atoms with Gasteiger partial charge in [0.2, 0.25) is 5.91 Å². The molecule has 2 aromatic rings. The summed E-state index contributed by atoms with van der Waals surface area (Å²) in [7, 11) is 0. The number of anilines is 1. The molecule has 2 aromatic carbocycles. The molecule has 4 rings (SSSR count). The maximum absolute atomic E-state index is 12.8. The Morgan fingerprint density at radius 3 is 2.67 bits per heavy atom. The Morgan fingerprint density at radius 1 is 1.20 bits per heavy atom. The van der Waals surface area contributed by atoms with E-state index in [-0.39, 0.29) is 13.2 Å². The second-order valence-electron chi connectivity index (χ2n) is 6.92. The van der Waals surface area contributed by atoms with Gasteiger partial charge in [0.05, 0.1) is 17.3 Å². The van der Waals surface area contributed by atoms with Gasteiger partial charge in [0.15, 0.2) is 0 Å². The molecule has 2 heterocycles. The van der Waals surface area contributed by atoms with Crippen LogP contribution in [0.1, 0.15) is 17.2 Å². The fourth-order valence-electron chi connectivity index (χ4n) is 3.46. The van der Waals surface area contributed by atoms with Gasteiger partial charge in [-0.25, -0.2) is 9.59 Å². The first-order chi connectivity index (χ1) is 14.3. The van der Waals surface area contributed by atoms with E-state index in [1.165, 1.54) is 4.90 Å². The first kappa shape index (κ1) is 20.3. The van der Waals surface area contributed by atoms with Gasteiger partial charge in [0.25, 0.3) is 0 Å². The first-order valence-electron chi connectivity index (χ1n) is 9.14. The van der Waals surface area contributed by atoms with E-state index in [0.29, 0.717) is 32.6 Å². The Kier molecular flexibility index (Phi) is 5.40. The van der Waals surface area contributed by atoms with Crippen LogP contribution in [0.3, 0.4) is 0 Å². The zero-order chi connectivity index (χ0) is 21.4. The molecule has 1 atom stereocenters. The fraction of sp³-hybridized carbons (Fsp3) is 0.190. The van der Waals surface area contributed by atoms with Crippen molar-refractivity contribution in [2.75, 3.05) is 18.5 Å². The van der Waals surface area contributed by atoms with E-state index in [4.69, 9.17) is 27.9 Å². The Balaban J connectivity index is 1.60. The number of hydrogen-bond acceptors (Lipinski definition) is 4. The molecule has 0 aromatic heterocycles. The van der Waals surface area contributed by atoms with Gasteiger partial charge in [0, 0.05) is 15.7 Å². The minimum Gasteiger partial charge on any atom is -0.456 e. The SMILES string of the molecule is Cc1c(Cl)cccc1NC(=O)CN1C(=O)N[C@@H](c2ccc(Cl)cc2)C2=C1COC2=O. The maximum Gasteiger partial charge on any atom is 0.338 e. The number of benzene rings is 2. The average molecular weight is 446 g/mol. The Labute approximate surface area is 182 Å². The van der Waals surface area contributed by atoms with Crippen molar-refractivity contribution >= 4 is 46.8 Å². The molecule has 7 nitrogen and oxygen atoms in total. The largest absolute Gasteiger partial charge is 0.456 e. The predicted octanol–water partition coefficient (Wildman–Crippen LogP) is 3.82. The molecule has 3 amide bonds. The van der Waals surface area contributed by atoms with E-state index in [1.807, 2.05) is 0 Å². The number of carbonyl (C=O) groups is 3. The number of hydrogen-bond donors (Lipinski definition) is 2. The number of amides is 3. The smallest absolute Gasteiger partial charge is 0.338 e. The van der Waals surface area contributed by atoms with Crippen LogP contribution in [-0.4, -0.2) is 36.0 Å². The number of rotatable bonds is 4. The quantitative estimate of drug-likeness (QED) is 0.700. The highest BCUT2D eigenvalue weighted by atomic mass is 35.5. The van der Waals surface area contributed by atoms with Crippen LogP contribution in [0.25, 0.3) is 0 Å². The number of carbonyl (C=O) groups excluding carboxylic acids is 3. The molecule has 0 unspecified atom stereocenters. The Bertz CT molecular complexity index is 1080. The van der Waals surface area contributed by atoms with Crippen molar-refractivity contribution in [1.29, 1.82) is 0 Å². The summed E-state index contributed by atoms with van der Waals surface area (Å²) in [5.41, 5.74) is 2.65. The predicted molar refractivity (Wildman–Crippen MR) is 112 cm³/mol. The van der Waals surface area contributed by atoms with Crippen molar-refractivity contribution in [3.8, 4) is 0 Å². The summed E-state index contributed by atoms with van der Waals surface area (Å²) in [6, 6.07) is 10.8. The molecule has 0 spiro atoms. The van der Waals surface area contributed by atoms with E-state index in [9.17, 15) is 14.4 Å². The molecule has 0 aliphatic carbocycles. The highest BCUT2D eigenvalue weighted by molar-refractivity contribution is 6.31. The van der Waals surface area contributed by atoms with Crippen LogP contribution >= 0.6 is 23.2 Å². The molecule has 0 fully saturated rings. The van der Waals surface area contributed by atoms with Gasteiger partial charge in [-0.3, -0.25) is 9.69 Å². The molecule has 0 saturated carbocycles. The Morgan fingerprint density at radius 2 is 1.93 bits per heavy atom. The second-order valence-corrected chi connectivity index (χ2v) is 7.76. The van der Waals surface area contributed by atoms with Crippen molar-refractivity contribution in [2.45, 2.75) is 13.0 Å². The van der Waals surface area contributed by atoms with Crippen LogP contribution in [0.5, 0.6) is 0 Å². The highest BCUT2D eigenvalue weighted by Crippen LogP contribution is 2.35. The molecule has 9 heteroatoms. The third-order valence-corrected chi connectivity index (χ3v) is 5.71. The second kappa shape index (κ2) is 8.01. The number of urea groups is 1. The van der Waals surface area contributed by atoms with Crippen molar-refractivity contribution in [3.05, 3.63) is 74.9 Å². The summed E-state index contributed by atoms with van der Waals surface area (Å²) >= 11 is 12.0. The highest BCUT2D eigenvalue weighted by Gasteiger charge is 2.42. The van der Waals surface area contributed by atoms with Crippen LogP contribution in [0, 0.1) is 6.92 Å². The first-order valence-corrected chi connectivity index (χ1v) is 9.89. The maximum atomic E-state index is 12.8. The summed E-state index contributed by atoms with van der Waals surface area (Å²) in [4.78, 5) is 39.0. The van der Waals surface area contributed by atoms with Gasteiger partial charge in [-0.1, -0.05) is 41.4 Å². The topological polar surface area (TPSA) is 87.7 Å². The van der Waals surface area contributed by atoms with Crippen LogP contribution in [-0.2, 0) is 14.3 Å². The van der Waals surface area contributed by atoms with Crippen LogP contribution < -0.4 is 10.6 Å². The van der Waals surface area contributed by atoms with E-state index in [1.54, 1.807) is 49.4 Å². The zero-order valence-electron chi connectivity index (χ0n) is 15.9. The molecule has 154 valence electrons. The van der Waals surface area contributed by atoms with Crippen LogP contribution in [0.2, 0.25) is 10.0 Å². The fourth-order valence-corrected chi connectivity index (χ4v) is 3.76. The van der Waals surface area contributed by atoms with Crippen molar-refractivity contribution in [3.63, 3.8) is 0 Å². The lowest BCUT2D eigenvalue weighted by molar-refractivity contribution is -0.136. The van der Waals surface area contributed by atoms with Gasteiger partial charge >= 0.3 is 12.0 Å². The molecular formula is C21H17Cl2N3O4. The lowest BCUT2D eigenvalue weighted by Crippen LogP contribution is -2.49. The lowest BCUT2D eigenvalue weighted by atomic mass is 9.96. The van der Waals surface area contributed by atoms with Crippen molar-refractivity contribution in [2.24, 2.45) is 0 Å². The summed E-state index contributed by atoms with van der Waals surface area (Å²) in [5.74, 6) is -0.951. The molecule has 0 saturated heterocycles. The Hall–Kier alpha value is -3.03. The minimum atomic E-state index is -0.672. The summed E-state index contributed by atoms with van der Waals surface area (Å²) in [6.45, 7) is 1.43. The molecule has 2 aliphatic heterocycles. The molecule has 2 N–H and O–H groups in total. The molecule has 0 bridgehead atoms. The monoisotopic (exact) mass is 445 g/mol. The number of ether oxygens (including phenoxy) is 1. The molecular weight excluding hydrogens is 429 g/mol. The van der Waals surface area contributed by atoms with E-state index < -0.39 is 23.9 Å². The van der Waals surface area contributed by atoms with E-state index in [2.05, 4.69) is 10.6 Å². The standard InChI is InChI=1S/C21H17Cl2N3O4/c1-11-14(23)3-2-4-15(11)24-17(27)9-26-16-10-30-20(28)18(16)19(25-21(26)29)12-5-7-13(22)8-6-12/h2-8,19H,9-10H2,1H3,(H,24,27)(H,25,29)/t19-/m0/s1. The third-order valence-electron chi connectivity index (χ3n) is 5.05. The normalized spacial score (nSPS) is 18.1. The molecule has 2 aliphatic rings. The lowest BCUT2D eigenvalue weighted by Gasteiger charge is -2.32. The van der Waals surface area contributed by atoms with E-state index >= 15 is 0 Å². The van der Waals surface area contributed by atoms with Gasteiger partial charge < -0.3 is 15.4 Å². The number of nitrogens with zero attached hydrogens (tertiary/aromatic N) is 1. The number of cyclic esters (lactones) is 1. The van der Waals surface area contributed by atoms with Crippen molar-refractivity contribution in [1.82, 2.24) is 10.2 Å². The van der Waals surface area contributed by atoms with E-state index in [0.717, 1.165) is 5.56 Å². The number of nitrogens with one attached hydrogen (secondary N) is 2. The van der Waals surface area contributed by atoms with Crippen molar-refractivity contribution < 1.29 is 19.1 Å². The molecule has 30 heavy (non-hydrogen) atoms. The summed E-state index contributed by atoms with van der Waals surface area (Å²) in [6.07, 6.45) is 0. The minimum absolute atomic E-state index is 0.0743. The average Bonchev–Trinajstić information content (AvgIpc) is 3.10. The zero-order valence-corrected chi connectivity index (χ0v) is 17.4. The third kappa shape index (κ3) is 3.74. The van der Waals surface area contributed by atoms with Gasteiger partial charge in [-0.2, -0.15) is 0 Å². The summed E-state index contributed by atoms with van der Waals surface area (Å²) < 4.78 is 5.17.